The van der Waals surface area contributed by atoms with Gasteiger partial charge in [0.1, 0.15) is 0 Å². The van der Waals surface area contributed by atoms with E-state index in [4.69, 9.17) is 12.2 Å². The standard InChI is InChI=1S/C17H16N2O3S/c1-10-4-3-5-12(8-10)15(20)19-17(23)18-14-9-13(16(21)22)7-6-11(14)2/h3-9H,1-2H3,(H,21,22)(H2,18,19,20,23)/p-1. The quantitative estimate of drug-likeness (QED) is 0.840. The van der Waals surface area contributed by atoms with Gasteiger partial charge >= 0.3 is 0 Å². The van der Waals surface area contributed by atoms with E-state index < -0.39 is 5.97 Å². The number of carbonyl (C=O) groups is 2. The number of benzene rings is 2. The molecule has 0 unspecified atom stereocenters. The molecule has 6 heteroatoms. The van der Waals surface area contributed by atoms with Crippen molar-refractivity contribution >= 4 is 34.9 Å². The molecule has 0 aliphatic carbocycles. The van der Waals surface area contributed by atoms with E-state index in [-0.39, 0.29) is 16.6 Å². The maximum atomic E-state index is 12.1. The highest BCUT2D eigenvalue weighted by molar-refractivity contribution is 7.80. The molecule has 23 heavy (non-hydrogen) atoms. The lowest BCUT2D eigenvalue weighted by atomic mass is 10.1. The minimum absolute atomic E-state index is 0.0333. The first-order valence-corrected chi connectivity index (χ1v) is 7.28. The van der Waals surface area contributed by atoms with E-state index in [0.29, 0.717) is 11.3 Å². The summed E-state index contributed by atoms with van der Waals surface area (Å²) >= 11 is 5.11. The van der Waals surface area contributed by atoms with Gasteiger partial charge in [-0.2, -0.15) is 0 Å². The summed E-state index contributed by atoms with van der Waals surface area (Å²) in [6.45, 7) is 3.69. The van der Waals surface area contributed by atoms with Gasteiger partial charge in [0.15, 0.2) is 5.11 Å². The molecule has 2 aromatic rings. The van der Waals surface area contributed by atoms with Crippen LogP contribution in [0, 0.1) is 13.8 Å². The van der Waals surface area contributed by atoms with Crippen LogP contribution in [0.5, 0.6) is 0 Å². The van der Waals surface area contributed by atoms with Crippen LogP contribution in [0.4, 0.5) is 5.69 Å². The number of carboxylic acids is 1. The van der Waals surface area contributed by atoms with E-state index in [1.54, 1.807) is 31.2 Å². The summed E-state index contributed by atoms with van der Waals surface area (Å²) in [5, 5.41) is 16.4. The summed E-state index contributed by atoms with van der Waals surface area (Å²) in [7, 11) is 0. The fourth-order valence-electron chi connectivity index (χ4n) is 2.00. The van der Waals surface area contributed by atoms with Crippen molar-refractivity contribution in [1.82, 2.24) is 5.32 Å². The number of carbonyl (C=O) groups excluding carboxylic acids is 2. The molecule has 0 bridgehead atoms. The zero-order chi connectivity index (χ0) is 17.0. The van der Waals surface area contributed by atoms with Gasteiger partial charge in [0.25, 0.3) is 5.91 Å². The van der Waals surface area contributed by atoms with E-state index in [2.05, 4.69) is 10.6 Å². The predicted molar refractivity (Wildman–Crippen MR) is 90.4 cm³/mol. The zero-order valence-electron chi connectivity index (χ0n) is 12.7. The van der Waals surface area contributed by atoms with E-state index in [1.807, 2.05) is 13.0 Å². The molecule has 0 spiro atoms. The Kier molecular flexibility index (Phi) is 5.08. The molecule has 0 heterocycles. The fourth-order valence-corrected chi connectivity index (χ4v) is 2.20. The molecule has 0 fully saturated rings. The Morgan fingerprint density at radius 2 is 1.78 bits per heavy atom. The summed E-state index contributed by atoms with van der Waals surface area (Å²) in [4.78, 5) is 23.0. The third-order valence-corrected chi connectivity index (χ3v) is 3.43. The lowest BCUT2D eigenvalue weighted by Gasteiger charge is -2.13. The second-order valence-corrected chi connectivity index (χ2v) is 5.50. The third-order valence-electron chi connectivity index (χ3n) is 3.23. The average Bonchev–Trinajstić information content (AvgIpc) is 2.49. The number of rotatable bonds is 3. The van der Waals surface area contributed by atoms with Crippen molar-refractivity contribution in [3.05, 3.63) is 64.7 Å². The maximum Gasteiger partial charge on any atom is 0.257 e. The molecular weight excluding hydrogens is 312 g/mol. The Hall–Kier alpha value is -2.73. The van der Waals surface area contributed by atoms with E-state index >= 15 is 0 Å². The molecule has 118 valence electrons. The van der Waals surface area contributed by atoms with Gasteiger partial charge < -0.3 is 15.2 Å². The first-order valence-electron chi connectivity index (χ1n) is 6.88. The molecule has 2 rings (SSSR count). The number of aryl methyl sites for hydroxylation is 2. The van der Waals surface area contributed by atoms with Crippen LogP contribution in [-0.2, 0) is 0 Å². The molecule has 2 N–H and O–H groups in total. The first kappa shape index (κ1) is 16.6. The minimum Gasteiger partial charge on any atom is -0.545 e. The Bertz CT molecular complexity index is 787. The van der Waals surface area contributed by atoms with Crippen LogP contribution >= 0.6 is 12.2 Å². The maximum absolute atomic E-state index is 12.1. The highest BCUT2D eigenvalue weighted by Crippen LogP contribution is 2.16. The number of carboxylic acid groups (broad SMARTS) is 1. The Balaban J connectivity index is 2.09. The lowest BCUT2D eigenvalue weighted by Crippen LogP contribution is -2.34. The topological polar surface area (TPSA) is 81.3 Å². The van der Waals surface area contributed by atoms with Gasteiger partial charge in [-0.25, -0.2) is 0 Å². The second-order valence-electron chi connectivity index (χ2n) is 5.09. The molecule has 2 aromatic carbocycles. The summed E-state index contributed by atoms with van der Waals surface area (Å²) < 4.78 is 0. The number of nitrogens with one attached hydrogen (secondary N) is 2. The number of anilines is 1. The minimum atomic E-state index is -1.28. The third kappa shape index (κ3) is 4.37. The monoisotopic (exact) mass is 327 g/mol. The largest absolute Gasteiger partial charge is 0.545 e. The average molecular weight is 327 g/mol. The van der Waals surface area contributed by atoms with Crippen molar-refractivity contribution in [2.75, 3.05) is 5.32 Å². The van der Waals surface area contributed by atoms with Crippen molar-refractivity contribution in [3.63, 3.8) is 0 Å². The number of hydrogen-bond acceptors (Lipinski definition) is 4. The van der Waals surface area contributed by atoms with Gasteiger partial charge in [0.05, 0.1) is 5.97 Å². The molecule has 5 nitrogen and oxygen atoms in total. The van der Waals surface area contributed by atoms with Crippen molar-refractivity contribution in [2.24, 2.45) is 0 Å². The van der Waals surface area contributed by atoms with Crippen molar-refractivity contribution < 1.29 is 14.7 Å². The molecule has 0 atom stereocenters. The fraction of sp³-hybridized carbons (Fsp3) is 0.118. The molecule has 0 aromatic heterocycles. The van der Waals surface area contributed by atoms with Crippen molar-refractivity contribution in [2.45, 2.75) is 13.8 Å². The van der Waals surface area contributed by atoms with Gasteiger partial charge in [-0.1, -0.05) is 29.8 Å². The van der Waals surface area contributed by atoms with Gasteiger partial charge in [0.2, 0.25) is 0 Å². The molecule has 0 aliphatic rings. The van der Waals surface area contributed by atoms with Crippen LogP contribution in [0.1, 0.15) is 31.8 Å². The lowest BCUT2D eigenvalue weighted by molar-refractivity contribution is -0.255. The Labute approximate surface area is 139 Å². The molecular formula is C17H15N2O3S-. The van der Waals surface area contributed by atoms with E-state index in [0.717, 1.165) is 11.1 Å². The highest BCUT2D eigenvalue weighted by atomic mass is 32.1. The second kappa shape index (κ2) is 7.02. The summed E-state index contributed by atoms with van der Waals surface area (Å²) in [6.07, 6.45) is 0. The molecule has 0 aliphatic heterocycles. The van der Waals surface area contributed by atoms with Crippen LogP contribution in [0.25, 0.3) is 0 Å². The van der Waals surface area contributed by atoms with Crippen LogP contribution in [0.15, 0.2) is 42.5 Å². The number of amides is 1. The van der Waals surface area contributed by atoms with Crippen molar-refractivity contribution in [3.8, 4) is 0 Å². The van der Waals surface area contributed by atoms with E-state index in [1.165, 1.54) is 12.1 Å². The van der Waals surface area contributed by atoms with E-state index in [9.17, 15) is 14.7 Å². The Morgan fingerprint density at radius 1 is 1.04 bits per heavy atom. The molecule has 0 radical (unpaired) electrons. The van der Waals surface area contributed by atoms with Crippen molar-refractivity contribution in [1.29, 1.82) is 0 Å². The zero-order valence-corrected chi connectivity index (χ0v) is 13.5. The Morgan fingerprint density at radius 3 is 2.43 bits per heavy atom. The van der Waals surface area contributed by atoms with Crippen LogP contribution in [-0.4, -0.2) is 17.0 Å². The summed E-state index contributed by atoms with van der Waals surface area (Å²) in [5.41, 5.74) is 2.79. The van der Waals surface area contributed by atoms with Gasteiger partial charge in [-0.3, -0.25) is 10.1 Å². The van der Waals surface area contributed by atoms with Gasteiger partial charge in [0, 0.05) is 11.3 Å². The number of thiocarbonyl (C=S) groups is 1. The molecule has 0 saturated carbocycles. The predicted octanol–water partition coefficient (Wildman–Crippen LogP) is 1.79. The first-order chi connectivity index (χ1) is 10.9. The normalized spacial score (nSPS) is 10.0. The van der Waals surface area contributed by atoms with Crippen LogP contribution in [0.3, 0.4) is 0 Å². The van der Waals surface area contributed by atoms with Crippen LogP contribution in [0.2, 0.25) is 0 Å². The molecule has 1 amide bonds. The molecule has 0 saturated heterocycles. The van der Waals surface area contributed by atoms with Gasteiger partial charge in [-0.15, -0.1) is 0 Å². The van der Waals surface area contributed by atoms with Crippen LogP contribution < -0.4 is 15.7 Å². The highest BCUT2D eigenvalue weighted by Gasteiger charge is 2.09. The SMILES string of the molecule is Cc1cccc(C(=O)NC(=S)Nc2cc(C(=O)[O-])ccc2C)c1. The number of hydrogen-bond donors (Lipinski definition) is 2. The summed E-state index contributed by atoms with van der Waals surface area (Å²) in [5.74, 6) is -1.61. The smallest absolute Gasteiger partial charge is 0.257 e. The van der Waals surface area contributed by atoms with Gasteiger partial charge in [-0.05, 0) is 55.4 Å². The summed E-state index contributed by atoms with van der Waals surface area (Å²) in [6, 6.07) is 11.6. The number of aromatic carboxylic acids is 1.